The van der Waals surface area contributed by atoms with Crippen LogP contribution in [-0.4, -0.2) is 42.3 Å². The van der Waals surface area contributed by atoms with Gasteiger partial charge in [-0.05, 0) is 31.4 Å². The molecule has 2 rings (SSSR count). The van der Waals surface area contributed by atoms with Gasteiger partial charge < -0.3 is 20.5 Å². The third-order valence-corrected chi connectivity index (χ3v) is 4.77. The molecule has 0 aliphatic heterocycles. The van der Waals surface area contributed by atoms with E-state index in [-0.39, 0.29) is 43.0 Å². The number of nitrogens with one attached hydrogen (secondary N) is 2. The van der Waals surface area contributed by atoms with Crippen molar-refractivity contribution in [1.29, 1.82) is 0 Å². The van der Waals surface area contributed by atoms with E-state index in [1.165, 1.54) is 17.4 Å². The van der Waals surface area contributed by atoms with Crippen LogP contribution < -0.4 is 15.4 Å². The van der Waals surface area contributed by atoms with Crippen molar-refractivity contribution in [1.82, 2.24) is 15.6 Å². The summed E-state index contributed by atoms with van der Waals surface area (Å²) in [5, 5.41) is 18.5. The number of pyridine rings is 1. The lowest BCUT2D eigenvalue weighted by molar-refractivity contribution is -0.137. The molecule has 2 heterocycles. The van der Waals surface area contributed by atoms with Crippen molar-refractivity contribution in [2.45, 2.75) is 25.6 Å². The maximum atomic E-state index is 12.5. The molecule has 2 aromatic rings. The maximum Gasteiger partial charge on any atom is 0.417 e. The lowest BCUT2D eigenvalue weighted by atomic mass is 10.1. The van der Waals surface area contributed by atoms with Crippen molar-refractivity contribution in [3.05, 3.63) is 46.3 Å². The van der Waals surface area contributed by atoms with E-state index in [2.05, 4.69) is 20.6 Å². The second-order valence-electron chi connectivity index (χ2n) is 6.10. The Labute approximate surface area is 188 Å². The third kappa shape index (κ3) is 8.34. The molecule has 0 aromatic carbocycles. The summed E-state index contributed by atoms with van der Waals surface area (Å²) < 4.78 is 42.9. The first-order valence-corrected chi connectivity index (χ1v) is 9.55. The van der Waals surface area contributed by atoms with E-state index in [1.54, 1.807) is 6.92 Å². The largest absolute Gasteiger partial charge is 0.476 e. The van der Waals surface area contributed by atoms with Crippen LogP contribution in [0.1, 0.15) is 24.3 Å². The van der Waals surface area contributed by atoms with Crippen LogP contribution in [-0.2, 0) is 11.8 Å². The van der Waals surface area contributed by atoms with E-state index < -0.39 is 17.3 Å². The molecule has 1 atom stereocenters. The van der Waals surface area contributed by atoms with Crippen molar-refractivity contribution >= 4 is 41.3 Å². The van der Waals surface area contributed by atoms with Gasteiger partial charge in [-0.1, -0.05) is 6.07 Å². The topological polar surface area (TPSA) is 78.8 Å². The van der Waals surface area contributed by atoms with E-state index in [0.29, 0.717) is 19.0 Å². The molecule has 11 heteroatoms. The van der Waals surface area contributed by atoms with Crippen LogP contribution in [0.2, 0.25) is 0 Å². The highest BCUT2D eigenvalue weighted by molar-refractivity contribution is 14.0. The monoisotopic (exact) mass is 544 g/mol. The number of thiophene rings is 1. The first-order valence-electron chi connectivity index (χ1n) is 8.67. The number of aliphatic hydroxyl groups is 1. The first-order chi connectivity index (χ1) is 13.2. The van der Waals surface area contributed by atoms with Crippen LogP contribution in [0.3, 0.4) is 0 Å². The molecular formula is C18H24F3IN4O2S. The maximum absolute atomic E-state index is 12.5. The predicted molar refractivity (Wildman–Crippen MR) is 118 cm³/mol. The minimum absolute atomic E-state index is 0. The molecule has 2 aromatic heterocycles. The van der Waals surface area contributed by atoms with Gasteiger partial charge in [-0.2, -0.15) is 13.2 Å². The SMILES string of the molecule is CCNC(=NCC(C)(O)c1cccs1)NCCOc1ccc(C(F)(F)F)cn1.I. The molecule has 1 unspecified atom stereocenters. The molecule has 0 aliphatic carbocycles. The summed E-state index contributed by atoms with van der Waals surface area (Å²) in [7, 11) is 0. The Hall–Kier alpha value is -1.60. The Bertz CT molecular complexity index is 753. The van der Waals surface area contributed by atoms with E-state index >= 15 is 0 Å². The number of rotatable bonds is 8. The van der Waals surface area contributed by atoms with Crippen LogP contribution in [0.5, 0.6) is 5.88 Å². The fraction of sp³-hybridized carbons (Fsp3) is 0.444. The van der Waals surface area contributed by atoms with Crippen molar-refractivity contribution < 1.29 is 23.0 Å². The quantitative estimate of drug-likeness (QED) is 0.205. The van der Waals surface area contributed by atoms with Crippen LogP contribution in [0.15, 0.2) is 40.8 Å². The molecule has 0 amide bonds. The van der Waals surface area contributed by atoms with Gasteiger partial charge in [0.05, 0.1) is 18.7 Å². The zero-order chi connectivity index (χ0) is 20.6. The van der Waals surface area contributed by atoms with Crippen molar-refractivity contribution in [3.8, 4) is 5.88 Å². The Kier molecular flexibility index (Phi) is 10.1. The Balaban J connectivity index is 0.00000420. The molecule has 6 nitrogen and oxygen atoms in total. The fourth-order valence-electron chi connectivity index (χ4n) is 2.20. The molecular weight excluding hydrogens is 520 g/mol. The Morgan fingerprint density at radius 1 is 1.28 bits per heavy atom. The minimum atomic E-state index is -4.42. The van der Waals surface area contributed by atoms with Gasteiger partial charge in [-0.3, -0.25) is 0 Å². The lowest BCUT2D eigenvalue weighted by Gasteiger charge is -2.20. The van der Waals surface area contributed by atoms with E-state index in [0.717, 1.165) is 17.1 Å². The summed E-state index contributed by atoms with van der Waals surface area (Å²) >= 11 is 1.46. The van der Waals surface area contributed by atoms with Gasteiger partial charge in [0, 0.05) is 23.7 Å². The number of hydrogen-bond donors (Lipinski definition) is 3. The van der Waals surface area contributed by atoms with E-state index in [9.17, 15) is 18.3 Å². The van der Waals surface area contributed by atoms with Gasteiger partial charge >= 0.3 is 6.18 Å². The zero-order valence-corrected chi connectivity index (χ0v) is 19.1. The van der Waals surface area contributed by atoms with Gasteiger partial charge in [0.15, 0.2) is 5.96 Å². The number of alkyl halides is 3. The zero-order valence-electron chi connectivity index (χ0n) is 16.0. The number of aromatic nitrogens is 1. The molecule has 0 fully saturated rings. The molecule has 0 aliphatic rings. The molecule has 29 heavy (non-hydrogen) atoms. The summed E-state index contributed by atoms with van der Waals surface area (Å²) in [6.45, 7) is 4.96. The molecule has 162 valence electrons. The van der Waals surface area contributed by atoms with Crippen molar-refractivity contribution in [2.75, 3.05) is 26.2 Å². The standard InChI is InChI=1S/C18H23F3N4O2S.HI/c1-3-22-16(25-12-17(2,26)14-5-4-10-28-14)23-8-9-27-15-7-6-13(11-24-15)18(19,20)21;/h4-7,10-11,26H,3,8-9,12H2,1-2H3,(H2,22,23,25);1H. The Morgan fingerprint density at radius 2 is 2.03 bits per heavy atom. The highest BCUT2D eigenvalue weighted by atomic mass is 127. The summed E-state index contributed by atoms with van der Waals surface area (Å²) in [6, 6.07) is 5.83. The predicted octanol–water partition coefficient (Wildman–Crippen LogP) is 3.62. The van der Waals surface area contributed by atoms with Crippen molar-refractivity contribution in [2.24, 2.45) is 4.99 Å². The normalized spacial score (nSPS) is 13.9. The van der Waals surface area contributed by atoms with Crippen LogP contribution >= 0.6 is 35.3 Å². The molecule has 0 bridgehead atoms. The number of hydrogen-bond acceptors (Lipinski definition) is 5. The van der Waals surface area contributed by atoms with Gasteiger partial charge in [0.2, 0.25) is 5.88 Å². The molecule has 0 spiro atoms. The van der Waals surface area contributed by atoms with Crippen LogP contribution in [0, 0.1) is 0 Å². The van der Waals surface area contributed by atoms with Gasteiger partial charge in [0.25, 0.3) is 0 Å². The number of ether oxygens (including phenoxy) is 1. The Morgan fingerprint density at radius 3 is 2.59 bits per heavy atom. The van der Waals surface area contributed by atoms with E-state index in [4.69, 9.17) is 4.74 Å². The van der Waals surface area contributed by atoms with Crippen LogP contribution in [0.25, 0.3) is 0 Å². The number of aliphatic imine (C=N–C) groups is 1. The summed E-state index contributed by atoms with van der Waals surface area (Å²) in [5.74, 6) is 0.612. The number of halogens is 4. The number of nitrogens with zero attached hydrogens (tertiary/aromatic N) is 2. The van der Waals surface area contributed by atoms with E-state index in [1.807, 2.05) is 24.4 Å². The average molecular weight is 544 g/mol. The summed E-state index contributed by atoms with van der Waals surface area (Å²) in [5.41, 5.74) is -1.89. The molecule has 0 saturated heterocycles. The molecule has 0 saturated carbocycles. The number of guanidine groups is 1. The van der Waals surface area contributed by atoms with Gasteiger partial charge in [-0.15, -0.1) is 35.3 Å². The lowest BCUT2D eigenvalue weighted by Crippen LogP contribution is -2.40. The fourth-order valence-corrected chi connectivity index (χ4v) is 2.98. The molecule has 3 N–H and O–H groups in total. The second-order valence-corrected chi connectivity index (χ2v) is 7.05. The van der Waals surface area contributed by atoms with Crippen molar-refractivity contribution in [3.63, 3.8) is 0 Å². The first kappa shape index (κ1) is 25.4. The third-order valence-electron chi connectivity index (χ3n) is 3.65. The summed E-state index contributed by atoms with van der Waals surface area (Å²) in [6.07, 6.45) is -3.68. The van der Waals surface area contributed by atoms with Crippen LogP contribution in [0.4, 0.5) is 13.2 Å². The second kappa shape index (κ2) is 11.6. The average Bonchev–Trinajstić information content (AvgIpc) is 3.18. The minimum Gasteiger partial charge on any atom is -0.476 e. The highest BCUT2D eigenvalue weighted by Crippen LogP contribution is 2.29. The smallest absolute Gasteiger partial charge is 0.417 e. The summed E-state index contributed by atoms with van der Waals surface area (Å²) in [4.78, 5) is 8.85. The highest BCUT2D eigenvalue weighted by Gasteiger charge is 2.30. The molecule has 0 radical (unpaired) electrons. The van der Waals surface area contributed by atoms with Gasteiger partial charge in [-0.25, -0.2) is 9.98 Å². The van der Waals surface area contributed by atoms with Gasteiger partial charge in [0.1, 0.15) is 12.2 Å².